The number of para-hydroxylation sites is 1. The first-order valence-corrected chi connectivity index (χ1v) is 6.75. The molecule has 1 aromatic carbocycles. The van der Waals surface area contributed by atoms with E-state index in [4.69, 9.17) is 9.15 Å². The van der Waals surface area contributed by atoms with Crippen molar-refractivity contribution < 1.29 is 9.15 Å². The molecule has 1 aliphatic heterocycles. The van der Waals surface area contributed by atoms with Crippen molar-refractivity contribution >= 4 is 0 Å². The number of aryl methyl sites for hydroxylation is 1. The lowest BCUT2D eigenvalue weighted by Gasteiger charge is -2.15. The Kier molecular flexibility index (Phi) is 3.30. The van der Waals surface area contributed by atoms with Gasteiger partial charge >= 0.3 is 0 Å². The molecule has 19 heavy (non-hydrogen) atoms. The summed E-state index contributed by atoms with van der Waals surface area (Å²) in [6, 6.07) is 12.5. The van der Waals surface area contributed by atoms with Crippen LogP contribution in [-0.4, -0.2) is 13.2 Å². The van der Waals surface area contributed by atoms with Gasteiger partial charge in [0.15, 0.2) is 0 Å². The highest BCUT2D eigenvalue weighted by molar-refractivity contribution is 5.39. The maximum Gasteiger partial charge on any atom is 0.122 e. The van der Waals surface area contributed by atoms with Gasteiger partial charge in [0.05, 0.1) is 12.6 Å². The van der Waals surface area contributed by atoms with Crippen LogP contribution in [0.3, 0.4) is 0 Å². The second kappa shape index (κ2) is 5.10. The Balaban J connectivity index is 1.62. The number of fused-ring (bicyclic) bond motifs is 1. The minimum Gasteiger partial charge on any atom is -0.493 e. The molecule has 1 aromatic heterocycles. The second-order valence-corrected chi connectivity index (χ2v) is 5.12. The highest BCUT2D eigenvalue weighted by Crippen LogP contribution is 2.33. The summed E-state index contributed by atoms with van der Waals surface area (Å²) in [6.07, 6.45) is 0. The van der Waals surface area contributed by atoms with Crippen LogP contribution < -0.4 is 10.1 Å². The normalized spacial score (nSPS) is 18.9. The number of hydrogen-bond acceptors (Lipinski definition) is 3. The molecule has 0 amide bonds. The van der Waals surface area contributed by atoms with Crippen LogP contribution in [0.1, 0.15) is 36.0 Å². The van der Waals surface area contributed by atoms with Gasteiger partial charge in [0.1, 0.15) is 17.3 Å². The largest absolute Gasteiger partial charge is 0.493 e. The van der Waals surface area contributed by atoms with Gasteiger partial charge in [-0.15, -0.1) is 0 Å². The smallest absolute Gasteiger partial charge is 0.122 e. The predicted molar refractivity (Wildman–Crippen MR) is 74.5 cm³/mol. The maximum absolute atomic E-state index is 5.69. The Morgan fingerprint density at radius 3 is 2.89 bits per heavy atom. The van der Waals surface area contributed by atoms with Crippen molar-refractivity contribution in [2.24, 2.45) is 0 Å². The lowest BCUT2D eigenvalue weighted by molar-refractivity contribution is 0.319. The van der Waals surface area contributed by atoms with Crippen molar-refractivity contribution in [2.75, 3.05) is 13.2 Å². The van der Waals surface area contributed by atoms with Crippen LogP contribution in [0.2, 0.25) is 0 Å². The van der Waals surface area contributed by atoms with Gasteiger partial charge in [0, 0.05) is 18.0 Å². The molecule has 0 saturated carbocycles. The molecule has 0 radical (unpaired) electrons. The standard InChI is InChI=1S/C16H19NO2/c1-11-7-8-15(19-11)12(2)17-9-13-10-18-16-6-4-3-5-14(13)16/h3-8,12-13,17H,9-10H2,1-2H3. The molecule has 0 fully saturated rings. The van der Waals surface area contributed by atoms with Crippen LogP contribution >= 0.6 is 0 Å². The van der Waals surface area contributed by atoms with Gasteiger partial charge in [0.2, 0.25) is 0 Å². The van der Waals surface area contributed by atoms with Crippen LogP contribution in [0, 0.1) is 6.92 Å². The maximum atomic E-state index is 5.69. The molecule has 1 N–H and O–H groups in total. The van der Waals surface area contributed by atoms with Crippen molar-refractivity contribution in [3.63, 3.8) is 0 Å². The first-order chi connectivity index (χ1) is 9.24. The fourth-order valence-corrected chi connectivity index (χ4v) is 2.50. The van der Waals surface area contributed by atoms with Crippen LogP contribution in [0.15, 0.2) is 40.8 Å². The summed E-state index contributed by atoms with van der Waals surface area (Å²) in [4.78, 5) is 0. The van der Waals surface area contributed by atoms with Crippen molar-refractivity contribution in [2.45, 2.75) is 25.8 Å². The summed E-state index contributed by atoms with van der Waals surface area (Å²) in [5.41, 5.74) is 1.30. The minimum absolute atomic E-state index is 0.224. The molecule has 0 spiro atoms. The quantitative estimate of drug-likeness (QED) is 0.911. The van der Waals surface area contributed by atoms with Gasteiger partial charge in [-0.25, -0.2) is 0 Å². The predicted octanol–water partition coefficient (Wildman–Crippen LogP) is 3.41. The molecular weight excluding hydrogens is 238 g/mol. The zero-order valence-corrected chi connectivity index (χ0v) is 11.3. The number of hydrogen-bond donors (Lipinski definition) is 1. The van der Waals surface area contributed by atoms with Crippen molar-refractivity contribution in [3.05, 3.63) is 53.5 Å². The average molecular weight is 257 g/mol. The first-order valence-electron chi connectivity index (χ1n) is 6.75. The van der Waals surface area contributed by atoms with E-state index in [1.54, 1.807) is 0 Å². The Bertz CT molecular complexity index is 561. The monoisotopic (exact) mass is 257 g/mol. The molecular formula is C16H19NO2. The number of ether oxygens (including phenoxy) is 1. The molecule has 3 nitrogen and oxygen atoms in total. The molecule has 3 rings (SSSR count). The van der Waals surface area contributed by atoms with E-state index >= 15 is 0 Å². The van der Waals surface area contributed by atoms with Gasteiger partial charge < -0.3 is 14.5 Å². The van der Waals surface area contributed by atoms with Gasteiger partial charge in [0.25, 0.3) is 0 Å². The third-order valence-electron chi connectivity index (χ3n) is 3.66. The van der Waals surface area contributed by atoms with E-state index in [0.717, 1.165) is 30.4 Å². The summed E-state index contributed by atoms with van der Waals surface area (Å²) in [6.45, 7) is 5.76. The lowest BCUT2D eigenvalue weighted by atomic mass is 10.0. The molecule has 2 unspecified atom stereocenters. The van der Waals surface area contributed by atoms with Gasteiger partial charge in [-0.05, 0) is 32.0 Å². The van der Waals surface area contributed by atoms with Crippen LogP contribution in [0.25, 0.3) is 0 Å². The Morgan fingerprint density at radius 1 is 1.26 bits per heavy atom. The summed E-state index contributed by atoms with van der Waals surface area (Å²) in [5.74, 6) is 3.40. The third kappa shape index (κ3) is 2.51. The number of furan rings is 1. The summed E-state index contributed by atoms with van der Waals surface area (Å²) in [7, 11) is 0. The molecule has 1 aliphatic rings. The van der Waals surface area contributed by atoms with Gasteiger partial charge in [-0.3, -0.25) is 0 Å². The van der Waals surface area contributed by atoms with E-state index in [1.165, 1.54) is 5.56 Å². The van der Waals surface area contributed by atoms with E-state index in [1.807, 2.05) is 31.2 Å². The van der Waals surface area contributed by atoms with Crippen LogP contribution in [-0.2, 0) is 0 Å². The average Bonchev–Trinajstić information content (AvgIpc) is 3.02. The van der Waals surface area contributed by atoms with Crippen LogP contribution in [0.4, 0.5) is 0 Å². The lowest BCUT2D eigenvalue weighted by Crippen LogP contribution is -2.25. The molecule has 2 heterocycles. The number of benzene rings is 1. The molecule has 100 valence electrons. The molecule has 2 atom stereocenters. The minimum atomic E-state index is 0.224. The van der Waals surface area contributed by atoms with Crippen molar-refractivity contribution in [1.29, 1.82) is 0 Å². The first kappa shape index (κ1) is 12.3. The number of nitrogens with one attached hydrogen (secondary N) is 1. The Hall–Kier alpha value is -1.74. The Morgan fingerprint density at radius 2 is 2.11 bits per heavy atom. The van der Waals surface area contributed by atoms with Crippen molar-refractivity contribution in [3.8, 4) is 5.75 Å². The van der Waals surface area contributed by atoms with Gasteiger partial charge in [-0.1, -0.05) is 18.2 Å². The molecule has 3 heteroatoms. The van der Waals surface area contributed by atoms with Crippen molar-refractivity contribution in [1.82, 2.24) is 5.32 Å². The summed E-state index contributed by atoms with van der Waals surface area (Å²) < 4.78 is 11.3. The highest BCUT2D eigenvalue weighted by Gasteiger charge is 2.24. The van der Waals surface area contributed by atoms with E-state index in [0.29, 0.717) is 5.92 Å². The van der Waals surface area contributed by atoms with E-state index < -0.39 is 0 Å². The third-order valence-corrected chi connectivity index (χ3v) is 3.66. The highest BCUT2D eigenvalue weighted by atomic mass is 16.5. The van der Waals surface area contributed by atoms with E-state index in [2.05, 4.69) is 24.4 Å². The summed E-state index contributed by atoms with van der Waals surface area (Å²) >= 11 is 0. The van der Waals surface area contributed by atoms with E-state index in [9.17, 15) is 0 Å². The molecule has 0 aliphatic carbocycles. The number of rotatable bonds is 4. The zero-order valence-electron chi connectivity index (χ0n) is 11.3. The van der Waals surface area contributed by atoms with Crippen LogP contribution in [0.5, 0.6) is 5.75 Å². The second-order valence-electron chi connectivity index (χ2n) is 5.12. The molecule has 2 aromatic rings. The van der Waals surface area contributed by atoms with Gasteiger partial charge in [-0.2, -0.15) is 0 Å². The van der Waals surface area contributed by atoms with E-state index in [-0.39, 0.29) is 6.04 Å². The Labute approximate surface area is 113 Å². The fraction of sp³-hybridized carbons (Fsp3) is 0.375. The summed E-state index contributed by atoms with van der Waals surface area (Å²) in [5, 5.41) is 3.52. The fourth-order valence-electron chi connectivity index (χ4n) is 2.50. The zero-order chi connectivity index (χ0) is 13.2. The molecule has 0 bridgehead atoms. The molecule has 0 saturated heterocycles. The SMILES string of the molecule is Cc1ccc(C(C)NCC2COc3ccccc32)o1. The topological polar surface area (TPSA) is 34.4 Å².